The van der Waals surface area contributed by atoms with E-state index in [0.29, 0.717) is 11.7 Å². The van der Waals surface area contributed by atoms with Gasteiger partial charge in [0.05, 0.1) is 19.3 Å². The molecule has 26 heavy (non-hydrogen) atoms. The number of benzene rings is 1. The van der Waals surface area contributed by atoms with Crippen LogP contribution in [0.2, 0.25) is 0 Å². The van der Waals surface area contributed by atoms with Crippen molar-refractivity contribution < 1.29 is 14.3 Å². The molecule has 1 saturated heterocycles. The van der Waals surface area contributed by atoms with E-state index in [1.807, 2.05) is 36.6 Å². The number of piperidine rings is 1. The lowest BCUT2D eigenvalue weighted by molar-refractivity contribution is -0.117. The molecule has 1 amide bonds. The molecule has 0 unspecified atom stereocenters. The third kappa shape index (κ3) is 4.68. The standard InChI is InChI=1S/C19H23N3O3S/c1-13-12-26-19(20-13)21-17(23)11-22-9-7-15(8-10-22)18(24)14-3-5-16(25-2)6-4-14/h3-6,12,15H,7-11H2,1-2H3,(H,20,21,23). The normalized spacial score (nSPS) is 15.6. The van der Waals surface area contributed by atoms with Crippen LogP contribution in [0.5, 0.6) is 5.75 Å². The zero-order chi connectivity index (χ0) is 18.5. The number of carbonyl (C=O) groups excluding carboxylic acids is 2. The third-order valence-corrected chi connectivity index (χ3v) is 5.44. The van der Waals surface area contributed by atoms with Gasteiger partial charge in [-0.15, -0.1) is 11.3 Å². The number of amides is 1. The number of anilines is 1. The number of nitrogens with one attached hydrogen (secondary N) is 1. The summed E-state index contributed by atoms with van der Waals surface area (Å²) in [5, 5.41) is 5.37. The Balaban J connectivity index is 1.47. The van der Waals surface area contributed by atoms with E-state index in [4.69, 9.17) is 4.74 Å². The molecule has 1 aromatic heterocycles. The van der Waals surface area contributed by atoms with Crippen LogP contribution in [-0.2, 0) is 4.79 Å². The minimum absolute atomic E-state index is 0.0179. The van der Waals surface area contributed by atoms with E-state index >= 15 is 0 Å². The topological polar surface area (TPSA) is 71.5 Å². The lowest BCUT2D eigenvalue weighted by Crippen LogP contribution is -2.40. The summed E-state index contributed by atoms with van der Waals surface area (Å²) in [7, 11) is 1.61. The van der Waals surface area contributed by atoms with Crippen molar-refractivity contribution in [2.75, 3.05) is 32.1 Å². The first-order valence-corrected chi connectivity index (χ1v) is 9.55. The van der Waals surface area contributed by atoms with Gasteiger partial charge >= 0.3 is 0 Å². The van der Waals surface area contributed by atoms with E-state index in [-0.39, 0.29) is 17.6 Å². The molecule has 138 valence electrons. The number of thiazole rings is 1. The maximum Gasteiger partial charge on any atom is 0.240 e. The van der Waals surface area contributed by atoms with E-state index in [9.17, 15) is 9.59 Å². The summed E-state index contributed by atoms with van der Waals surface area (Å²) in [6, 6.07) is 7.26. The fourth-order valence-corrected chi connectivity index (χ4v) is 3.82. The summed E-state index contributed by atoms with van der Waals surface area (Å²) in [6.45, 7) is 3.73. The number of ketones is 1. The number of aromatic nitrogens is 1. The monoisotopic (exact) mass is 373 g/mol. The second-order valence-corrected chi connectivity index (χ2v) is 7.34. The molecule has 0 bridgehead atoms. The van der Waals surface area contributed by atoms with Gasteiger partial charge in [-0.05, 0) is 57.1 Å². The lowest BCUT2D eigenvalue weighted by atomic mass is 9.89. The van der Waals surface area contributed by atoms with Crippen molar-refractivity contribution in [1.82, 2.24) is 9.88 Å². The molecule has 6 nitrogen and oxygen atoms in total. The number of aryl methyl sites for hydroxylation is 1. The zero-order valence-electron chi connectivity index (χ0n) is 15.0. The number of hydrogen-bond donors (Lipinski definition) is 1. The van der Waals surface area contributed by atoms with Crippen molar-refractivity contribution in [3.8, 4) is 5.75 Å². The molecule has 1 aliphatic heterocycles. The Bertz CT molecular complexity index is 765. The Morgan fingerprint density at radius 3 is 2.54 bits per heavy atom. The Hall–Kier alpha value is -2.25. The number of Topliss-reactive ketones (excluding diaryl/α,β-unsaturated/α-hetero) is 1. The molecule has 0 saturated carbocycles. The van der Waals surface area contributed by atoms with Crippen molar-refractivity contribution in [3.05, 3.63) is 40.9 Å². The van der Waals surface area contributed by atoms with Gasteiger partial charge in [-0.2, -0.15) is 0 Å². The largest absolute Gasteiger partial charge is 0.497 e. The molecular weight excluding hydrogens is 350 g/mol. The second kappa shape index (κ2) is 8.42. The fraction of sp³-hybridized carbons (Fsp3) is 0.421. The number of ether oxygens (including phenoxy) is 1. The van der Waals surface area contributed by atoms with E-state index in [1.54, 1.807) is 7.11 Å². The summed E-state index contributed by atoms with van der Waals surface area (Å²) in [5.74, 6) is 0.886. The average molecular weight is 373 g/mol. The first kappa shape index (κ1) is 18.5. The lowest BCUT2D eigenvalue weighted by Gasteiger charge is -2.30. The van der Waals surface area contributed by atoms with Gasteiger partial charge in [0.1, 0.15) is 5.75 Å². The van der Waals surface area contributed by atoms with E-state index in [1.165, 1.54) is 11.3 Å². The van der Waals surface area contributed by atoms with Crippen molar-refractivity contribution in [2.24, 2.45) is 5.92 Å². The van der Waals surface area contributed by atoms with Crippen LogP contribution in [0, 0.1) is 12.8 Å². The van der Waals surface area contributed by atoms with Crippen molar-refractivity contribution in [1.29, 1.82) is 0 Å². The Morgan fingerprint density at radius 1 is 1.27 bits per heavy atom. The predicted molar refractivity (Wildman–Crippen MR) is 102 cm³/mol. The molecule has 1 N–H and O–H groups in total. The van der Waals surface area contributed by atoms with Gasteiger partial charge in [0.15, 0.2) is 10.9 Å². The number of carbonyl (C=O) groups is 2. The molecule has 0 radical (unpaired) electrons. The highest BCUT2D eigenvalue weighted by atomic mass is 32.1. The van der Waals surface area contributed by atoms with E-state index in [0.717, 1.165) is 42.9 Å². The molecule has 2 aromatic rings. The van der Waals surface area contributed by atoms with Gasteiger partial charge in [-0.25, -0.2) is 4.98 Å². The predicted octanol–water partition coefficient (Wildman–Crippen LogP) is 2.99. The van der Waals surface area contributed by atoms with Crippen LogP contribution in [0.15, 0.2) is 29.6 Å². The van der Waals surface area contributed by atoms with Gasteiger partial charge in [0.25, 0.3) is 0 Å². The number of likely N-dealkylation sites (tertiary alicyclic amines) is 1. The highest BCUT2D eigenvalue weighted by molar-refractivity contribution is 7.13. The van der Waals surface area contributed by atoms with Crippen LogP contribution in [0.4, 0.5) is 5.13 Å². The molecule has 1 fully saturated rings. The highest BCUT2D eigenvalue weighted by Crippen LogP contribution is 2.23. The summed E-state index contributed by atoms with van der Waals surface area (Å²) in [5.41, 5.74) is 1.63. The van der Waals surface area contributed by atoms with Gasteiger partial charge < -0.3 is 10.1 Å². The Kier molecular flexibility index (Phi) is 6.00. The average Bonchev–Trinajstić information content (AvgIpc) is 3.06. The molecule has 0 atom stereocenters. The minimum atomic E-state index is -0.0562. The van der Waals surface area contributed by atoms with E-state index in [2.05, 4.69) is 15.2 Å². The van der Waals surface area contributed by atoms with Crippen molar-refractivity contribution >= 4 is 28.2 Å². The molecule has 2 heterocycles. The summed E-state index contributed by atoms with van der Waals surface area (Å²) >= 11 is 1.43. The number of nitrogens with zero attached hydrogens (tertiary/aromatic N) is 2. The van der Waals surface area contributed by atoms with Crippen molar-refractivity contribution in [3.63, 3.8) is 0 Å². The van der Waals surface area contributed by atoms with Crippen molar-refractivity contribution in [2.45, 2.75) is 19.8 Å². The van der Waals surface area contributed by atoms with Crippen LogP contribution < -0.4 is 10.1 Å². The molecule has 0 spiro atoms. The molecule has 1 aliphatic rings. The SMILES string of the molecule is COc1ccc(C(=O)C2CCN(CC(=O)Nc3nc(C)cs3)CC2)cc1. The van der Waals surface area contributed by atoms with Crippen LogP contribution in [0.25, 0.3) is 0 Å². The summed E-state index contributed by atoms with van der Waals surface area (Å²) < 4.78 is 5.13. The van der Waals surface area contributed by atoms with Crippen LogP contribution in [-0.4, -0.2) is 48.3 Å². The van der Waals surface area contributed by atoms with Crippen LogP contribution in [0.1, 0.15) is 28.9 Å². The molecule has 7 heteroatoms. The van der Waals surface area contributed by atoms with Gasteiger partial charge in [-0.1, -0.05) is 0 Å². The highest BCUT2D eigenvalue weighted by Gasteiger charge is 2.26. The first-order valence-electron chi connectivity index (χ1n) is 8.68. The van der Waals surface area contributed by atoms with Gasteiger partial charge in [-0.3, -0.25) is 14.5 Å². The van der Waals surface area contributed by atoms with Crippen LogP contribution in [0.3, 0.4) is 0 Å². The maximum absolute atomic E-state index is 12.6. The smallest absolute Gasteiger partial charge is 0.240 e. The quantitative estimate of drug-likeness (QED) is 0.788. The molecular formula is C19H23N3O3S. The van der Waals surface area contributed by atoms with Gasteiger partial charge in [0.2, 0.25) is 5.91 Å². The molecule has 1 aromatic carbocycles. The Labute approximate surface area is 157 Å². The second-order valence-electron chi connectivity index (χ2n) is 6.49. The minimum Gasteiger partial charge on any atom is -0.497 e. The fourth-order valence-electron chi connectivity index (χ4n) is 3.12. The number of methoxy groups -OCH3 is 1. The van der Waals surface area contributed by atoms with Crippen LogP contribution >= 0.6 is 11.3 Å². The maximum atomic E-state index is 12.6. The summed E-state index contributed by atoms with van der Waals surface area (Å²) in [6.07, 6.45) is 1.54. The Morgan fingerprint density at radius 2 is 1.96 bits per heavy atom. The molecule has 3 rings (SSSR count). The van der Waals surface area contributed by atoms with E-state index < -0.39 is 0 Å². The third-order valence-electron chi connectivity index (χ3n) is 4.57. The molecule has 0 aliphatic carbocycles. The zero-order valence-corrected chi connectivity index (χ0v) is 15.8. The number of rotatable bonds is 6. The number of hydrogen-bond acceptors (Lipinski definition) is 6. The first-order chi connectivity index (χ1) is 12.5. The van der Waals surface area contributed by atoms with Gasteiger partial charge in [0, 0.05) is 16.9 Å². The summed E-state index contributed by atoms with van der Waals surface area (Å²) in [4.78, 5) is 31.1.